The van der Waals surface area contributed by atoms with Crippen LogP contribution in [0.1, 0.15) is 32.6 Å². The first-order valence-electron chi connectivity index (χ1n) is 7.16. The minimum Gasteiger partial charge on any atom is -0.492 e. The Morgan fingerprint density at radius 2 is 2.32 bits per heavy atom. The van der Waals surface area contributed by atoms with Gasteiger partial charge in [0.25, 0.3) is 0 Å². The number of nitrogens with two attached hydrogens (primary N) is 1. The molecule has 1 unspecified atom stereocenters. The van der Waals surface area contributed by atoms with Gasteiger partial charge in [0.1, 0.15) is 5.75 Å². The van der Waals surface area contributed by atoms with Crippen LogP contribution in [-0.2, 0) is 0 Å². The Morgan fingerprint density at radius 1 is 1.47 bits per heavy atom. The number of ether oxygens (including phenoxy) is 1. The Hall–Kier alpha value is -1.42. The van der Waals surface area contributed by atoms with E-state index in [4.69, 9.17) is 15.6 Å². The SMILES string of the molecule is CCOc1cc(N2CCCC2CCCO)ccc1N. The van der Waals surface area contributed by atoms with Crippen LogP contribution in [0.5, 0.6) is 5.75 Å². The highest BCUT2D eigenvalue weighted by molar-refractivity contribution is 5.63. The van der Waals surface area contributed by atoms with Gasteiger partial charge in [0, 0.05) is 30.9 Å². The standard InChI is InChI=1S/C15H24N2O2/c1-2-19-15-11-13(7-8-14(15)16)17-9-3-5-12(17)6-4-10-18/h7-8,11-12,18H,2-6,9-10,16H2,1H3. The van der Waals surface area contributed by atoms with Crippen molar-refractivity contribution in [2.24, 2.45) is 0 Å². The summed E-state index contributed by atoms with van der Waals surface area (Å²) in [5.74, 6) is 0.771. The number of hydrogen-bond acceptors (Lipinski definition) is 4. The molecule has 1 aliphatic heterocycles. The maximum Gasteiger partial charge on any atom is 0.144 e. The molecule has 19 heavy (non-hydrogen) atoms. The van der Waals surface area contributed by atoms with Crippen molar-refractivity contribution in [1.29, 1.82) is 0 Å². The Kier molecular flexibility index (Phi) is 4.91. The van der Waals surface area contributed by atoms with E-state index >= 15 is 0 Å². The topological polar surface area (TPSA) is 58.7 Å². The number of nitrogen functional groups attached to an aromatic ring is 1. The van der Waals surface area contributed by atoms with Crippen molar-refractivity contribution in [3.63, 3.8) is 0 Å². The smallest absolute Gasteiger partial charge is 0.144 e. The van der Waals surface area contributed by atoms with E-state index in [1.165, 1.54) is 18.5 Å². The molecule has 1 fully saturated rings. The Balaban J connectivity index is 2.13. The number of rotatable bonds is 6. The number of aliphatic hydroxyl groups is 1. The summed E-state index contributed by atoms with van der Waals surface area (Å²) in [6.07, 6.45) is 4.33. The van der Waals surface area contributed by atoms with E-state index in [0.717, 1.165) is 25.1 Å². The number of benzene rings is 1. The van der Waals surface area contributed by atoms with Gasteiger partial charge in [-0.05, 0) is 44.7 Å². The van der Waals surface area contributed by atoms with Gasteiger partial charge >= 0.3 is 0 Å². The van der Waals surface area contributed by atoms with E-state index in [-0.39, 0.29) is 6.61 Å². The third-order valence-electron chi connectivity index (χ3n) is 3.70. The third-order valence-corrected chi connectivity index (χ3v) is 3.70. The van der Waals surface area contributed by atoms with Crippen LogP contribution in [-0.4, -0.2) is 30.9 Å². The van der Waals surface area contributed by atoms with E-state index in [0.29, 0.717) is 18.3 Å². The number of nitrogens with zero attached hydrogens (tertiary/aromatic N) is 1. The molecule has 0 amide bonds. The first kappa shape index (κ1) is 14.0. The van der Waals surface area contributed by atoms with Crippen LogP contribution in [0.3, 0.4) is 0 Å². The summed E-state index contributed by atoms with van der Waals surface area (Å²) in [6, 6.07) is 6.55. The van der Waals surface area contributed by atoms with Gasteiger partial charge in [-0.2, -0.15) is 0 Å². The lowest BCUT2D eigenvalue weighted by Gasteiger charge is -2.27. The molecule has 1 saturated heterocycles. The predicted molar refractivity (Wildman–Crippen MR) is 78.7 cm³/mol. The van der Waals surface area contributed by atoms with Crippen LogP contribution in [0.4, 0.5) is 11.4 Å². The highest BCUT2D eigenvalue weighted by Gasteiger charge is 2.24. The summed E-state index contributed by atoms with van der Waals surface area (Å²) >= 11 is 0. The van der Waals surface area contributed by atoms with Crippen molar-refractivity contribution in [1.82, 2.24) is 0 Å². The molecule has 106 valence electrons. The highest BCUT2D eigenvalue weighted by Crippen LogP contribution is 2.33. The average molecular weight is 264 g/mol. The van der Waals surface area contributed by atoms with E-state index in [9.17, 15) is 0 Å². The zero-order valence-electron chi connectivity index (χ0n) is 11.6. The average Bonchev–Trinajstić information content (AvgIpc) is 2.87. The van der Waals surface area contributed by atoms with Crippen LogP contribution >= 0.6 is 0 Å². The van der Waals surface area contributed by atoms with Gasteiger partial charge in [-0.1, -0.05) is 0 Å². The number of anilines is 2. The molecule has 1 aromatic rings. The fraction of sp³-hybridized carbons (Fsp3) is 0.600. The minimum absolute atomic E-state index is 0.274. The van der Waals surface area contributed by atoms with Crippen LogP contribution in [0, 0.1) is 0 Å². The normalized spacial score (nSPS) is 18.8. The molecule has 1 aromatic carbocycles. The maximum absolute atomic E-state index is 8.98. The molecule has 1 aliphatic rings. The zero-order valence-corrected chi connectivity index (χ0v) is 11.6. The molecule has 0 saturated carbocycles. The van der Waals surface area contributed by atoms with Crippen LogP contribution in [0.25, 0.3) is 0 Å². The first-order valence-corrected chi connectivity index (χ1v) is 7.16. The van der Waals surface area contributed by atoms with Gasteiger partial charge in [-0.3, -0.25) is 0 Å². The molecule has 0 radical (unpaired) electrons. The number of hydrogen-bond donors (Lipinski definition) is 2. The minimum atomic E-state index is 0.274. The van der Waals surface area contributed by atoms with E-state index in [2.05, 4.69) is 11.0 Å². The zero-order chi connectivity index (χ0) is 13.7. The Labute approximate surface area is 115 Å². The second-order valence-electron chi connectivity index (χ2n) is 5.01. The quantitative estimate of drug-likeness (QED) is 0.775. The molecule has 2 rings (SSSR count). The van der Waals surface area contributed by atoms with Gasteiger partial charge in [0.05, 0.1) is 12.3 Å². The van der Waals surface area contributed by atoms with E-state index in [1.54, 1.807) is 0 Å². The summed E-state index contributed by atoms with van der Waals surface area (Å²) in [5.41, 5.74) is 7.78. The molecule has 4 nitrogen and oxygen atoms in total. The molecule has 4 heteroatoms. The second-order valence-corrected chi connectivity index (χ2v) is 5.01. The monoisotopic (exact) mass is 264 g/mol. The van der Waals surface area contributed by atoms with Gasteiger partial charge < -0.3 is 20.5 Å². The molecule has 0 bridgehead atoms. The van der Waals surface area contributed by atoms with Crippen molar-refractivity contribution in [2.45, 2.75) is 38.6 Å². The number of aliphatic hydroxyl groups excluding tert-OH is 1. The fourth-order valence-electron chi connectivity index (χ4n) is 2.78. The summed E-state index contributed by atoms with van der Waals surface area (Å²) in [5, 5.41) is 8.98. The molecule has 0 aromatic heterocycles. The molecule has 0 aliphatic carbocycles. The van der Waals surface area contributed by atoms with Crippen molar-refractivity contribution >= 4 is 11.4 Å². The van der Waals surface area contributed by atoms with Crippen LogP contribution in [0.2, 0.25) is 0 Å². The van der Waals surface area contributed by atoms with Gasteiger partial charge in [-0.15, -0.1) is 0 Å². The van der Waals surface area contributed by atoms with Gasteiger partial charge in [0.15, 0.2) is 0 Å². The van der Waals surface area contributed by atoms with Crippen molar-refractivity contribution in [2.75, 3.05) is 30.4 Å². The van der Waals surface area contributed by atoms with Crippen molar-refractivity contribution in [3.05, 3.63) is 18.2 Å². The molecule has 0 spiro atoms. The van der Waals surface area contributed by atoms with E-state index in [1.807, 2.05) is 19.1 Å². The lowest BCUT2D eigenvalue weighted by Crippen LogP contribution is -2.29. The summed E-state index contributed by atoms with van der Waals surface area (Å²) in [7, 11) is 0. The third kappa shape index (κ3) is 3.32. The lowest BCUT2D eigenvalue weighted by atomic mass is 10.1. The van der Waals surface area contributed by atoms with E-state index < -0.39 is 0 Å². The summed E-state index contributed by atoms with van der Waals surface area (Å²) < 4.78 is 5.56. The molecule has 1 heterocycles. The van der Waals surface area contributed by atoms with Crippen molar-refractivity contribution in [3.8, 4) is 5.75 Å². The Bertz CT molecular complexity index is 409. The van der Waals surface area contributed by atoms with Gasteiger partial charge in [0.2, 0.25) is 0 Å². The largest absolute Gasteiger partial charge is 0.492 e. The first-order chi connectivity index (χ1) is 9.26. The second kappa shape index (κ2) is 6.66. The maximum atomic E-state index is 8.98. The molecular weight excluding hydrogens is 240 g/mol. The van der Waals surface area contributed by atoms with Gasteiger partial charge in [-0.25, -0.2) is 0 Å². The summed E-state index contributed by atoms with van der Waals surface area (Å²) in [6.45, 7) is 3.94. The van der Waals surface area contributed by atoms with Crippen LogP contribution in [0.15, 0.2) is 18.2 Å². The molecule has 1 atom stereocenters. The predicted octanol–water partition coefficient (Wildman–Crippen LogP) is 2.41. The van der Waals surface area contributed by atoms with Crippen LogP contribution < -0.4 is 15.4 Å². The lowest BCUT2D eigenvalue weighted by molar-refractivity contribution is 0.279. The Morgan fingerprint density at radius 3 is 3.05 bits per heavy atom. The molecule has 3 N–H and O–H groups in total. The van der Waals surface area contributed by atoms with Crippen molar-refractivity contribution < 1.29 is 9.84 Å². The highest BCUT2D eigenvalue weighted by atomic mass is 16.5. The summed E-state index contributed by atoms with van der Waals surface area (Å²) in [4.78, 5) is 2.41. The molecular formula is C15H24N2O2. The fourth-order valence-corrected chi connectivity index (χ4v) is 2.78.